The van der Waals surface area contributed by atoms with Gasteiger partial charge in [-0.15, -0.1) is 0 Å². The summed E-state index contributed by atoms with van der Waals surface area (Å²) in [6.45, 7) is 1.91. The fraction of sp³-hybridized carbons (Fsp3) is 1.00. The molecular formula is C8H14BF3. The van der Waals surface area contributed by atoms with Crippen LogP contribution in [0.2, 0.25) is 5.82 Å². The van der Waals surface area contributed by atoms with Crippen molar-refractivity contribution in [3.05, 3.63) is 0 Å². The SMILES string of the molecule is BC1CC(C)CC(C(F)(F)F)C1. The van der Waals surface area contributed by atoms with Crippen molar-refractivity contribution in [1.82, 2.24) is 0 Å². The number of rotatable bonds is 0. The van der Waals surface area contributed by atoms with Crippen LogP contribution in [0.5, 0.6) is 0 Å². The van der Waals surface area contributed by atoms with Crippen LogP contribution >= 0.6 is 0 Å². The lowest BCUT2D eigenvalue weighted by Gasteiger charge is -2.32. The van der Waals surface area contributed by atoms with Crippen molar-refractivity contribution in [2.45, 2.75) is 38.2 Å². The van der Waals surface area contributed by atoms with Gasteiger partial charge in [-0.1, -0.05) is 19.2 Å². The molecule has 0 spiro atoms. The first-order valence-electron chi connectivity index (χ1n) is 4.46. The lowest BCUT2D eigenvalue weighted by Crippen LogP contribution is -2.30. The Morgan fingerprint density at radius 1 is 1.17 bits per heavy atom. The fourth-order valence-electron chi connectivity index (χ4n) is 2.21. The zero-order chi connectivity index (χ0) is 9.35. The molecule has 1 rings (SSSR count). The van der Waals surface area contributed by atoms with Gasteiger partial charge in [-0.2, -0.15) is 13.2 Å². The molecule has 1 saturated carbocycles. The maximum absolute atomic E-state index is 12.3. The molecule has 0 heterocycles. The maximum Gasteiger partial charge on any atom is 0.391 e. The minimum atomic E-state index is -3.97. The van der Waals surface area contributed by atoms with Gasteiger partial charge in [-0.05, 0) is 18.8 Å². The average Bonchev–Trinajstić information content (AvgIpc) is 1.82. The van der Waals surface area contributed by atoms with E-state index in [-0.39, 0.29) is 11.7 Å². The third kappa shape index (κ3) is 2.42. The second-order valence-electron chi connectivity index (χ2n) is 4.16. The minimum Gasteiger partial charge on any atom is -0.171 e. The summed E-state index contributed by atoms with van der Waals surface area (Å²) in [5.74, 6) is -0.572. The summed E-state index contributed by atoms with van der Waals surface area (Å²) >= 11 is 0. The van der Waals surface area contributed by atoms with E-state index in [1.54, 1.807) is 0 Å². The van der Waals surface area contributed by atoms with E-state index in [1.807, 2.05) is 14.8 Å². The third-order valence-electron chi connectivity index (χ3n) is 2.64. The molecule has 1 fully saturated rings. The molecule has 0 aromatic rings. The number of alkyl halides is 3. The van der Waals surface area contributed by atoms with Gasteiger partial charge < -0.3 is 0 Å². The van der Waals surface area contributed by atoms with Crippen LogP contribution in [-0.4, -0.2) is 14.0 Å². The van der Waals surface area contributed by atoms with Gasteiger partial charge in [-0.3, -0.25) is 0 Å². The molecule has 12 heavy (non-hydrogen) atoms. The second kappa shape index (κ2) is 3.31. The van der Waals surface area contributed by atoms with Crippen molar-refractivity contribution >= 4 is 7.85 Å². The van der Waals surface area contributed by atoms with Gasteiger partial charge in [0, 0.05) is 0 Å². The molecule has 1 aliphatic carbocycles. The Kier molecular flexibility index (Phi) is 2.74. The van der Waals surface area contributed by atoms with E-state index >= 15 is 0 Å². The largest absolute Gasteiger partial charge is 0.391 e. The lowest BCUT2D eigenvalue weighted by atomic mass is 9.67. The van der Waals surface area contributed by atoms with Crippen LogP contribution in [0.3, 0.4) is 0 Å². The number of halogens is 3. The predicted molar refractivity (Wildman–Crippen MR) is 44.9 cm³/mol. The van der Waals surface area contributed by atoms with Crippen LogP contribution in [0.4, 0.5) is 13.2 Å². The highest BCUT2D eigenvalue weighted by molar-refractivity contribution is 6.11. The molecule has 0 aromatic heterocycles. The van der Waals surface area contributed by atoms with E-state index in [9.17, 15) is 13.2 Å². The zero-order valence-corrected chi connectivity index (χ0v) is 7.49. The molecule has 3 unspecified atom stereocenters. The first-order chi connectivity index (χ1) is 5.39. The van der Waals surface area contributed by atoms with Crippen molar-refractivity contribution in [3.63, 3.8) is 0 Å². The van der Waals surface area contributed by atoms with Gasteiger partial charge >= 0.3 is 6.18 Å². The Balaban J connectivity index is 2.55. The third-order valence-corrected chi connectivity index (χ3v) is 2.64. The van der Waals surface area contributed by atoms with E-state index < -0.39 is 12.1 Å². The van der Waals surface area contributed by atoms with Crippen molar-refractivity contribution in [2.24, 2.45) is 11.8 Å². The van der Waals surface area contributed by atoms with Gasteiger partial charge in [0.15, 0.2) is 0 Å². The van der Waals surface area contributed by atoms with Crippen LogP contribution in [0, 0.1) is 11.8 Å². The lowest BCUT2D eigenvalue weighted by molar-refractivity contribution is -0.185. The van der Waals surface area contributed by atoms with E-state index in [0.717, 1.165) is 6.42 Å². The van der Waals surface area contributed by atoms with Crippen molar-refractivity contribution in [3.8, 4) is 0 Å². The van der Waals surface area contributed by atoms with Crippen LogP contribution in [0.25, 0.3) is 0 Å². The summed E-state index contributed by atoms with van der Waals surface area (Å²) in [6.07, 6.45) is -2.36. The molecule has 0 amide bonds. The summed E-state index contributed by atoms with van der Waals surface area (Å²) < 4.78 is 36.9. The van der Waals surface area contributed by atoms with E-state index in [2.05, 4.69) is 0 Å². The van der Waals surface area contributed by atoms with E-state index in [1.165, 1.54) is 0 Å². The maximum atomic E-state index is 12.3. The smallest absolute Gasteiger partial charge is 0.171 e. The number of hydrogen-bond donors (Lipinski definition) is 0. The average molecular weight is 178 g/mol. The topological polar surface area (TPSA) is 0 Å². The quantitative estimate of drug-likeness (QED) is 0.499. The first-order valence-corrected chi connectivity index (χ1v) is 4.46. The fourth-order valence-corrected chi connectivity index (χ4v) is 2.21. The molecular weight excluding hydrogens is 164 g/mol. The Morgan fingerprint density at radius 3 is 2.17 bits per heavy atom. The second-order valence-corrected chi connectivity index (χ2v) is 4.16. The Hall–Kier alpha value is -0.145. The van der Waals surface area contributed by atoms with Crippen molar-refractivity contribution in [2.75, 3.05) is 0 Å². The van der Waals surface area contributed by atoms with Crippen LogP contribution < -0.4 is 0 Å². The van der Waals surface area contributed by atoms with Gasteiger partial charge in [0.1, 0.15) is 7.85 Å². The minimum absolute atomic E-state index is 0.236. The van der Waals surface area contributed by atoms with Crippen LogP contribution in [0.1, 0.15) is 26.2 Å². The Labute approximate surface area is 71.9 Å². The molecule has 0 saturated heterocycles. The summed E-state index contributed by atoms with van der Waals surface area (Å²) in [4.78, 5) is 0. The van der Waals surface area contributed by atoms with Crippen LogP contribution in [-0.2, 0) is 0 Å². The standard InChI is InChI=1S/C8H14BF3/c1-5-2-6(8(10,11)12)4-7(9)3-5/h5-7H,2-4,9H2,1H3. The molecule has 0 nitrogen and oxygen atoms in total. The van der Waals surface area contributed by atoms with E-state index in [4.69, 9.17) is 0 Å². The first kappa shape index (κ1) is 9.94. The molecule has 0 radical (unpaired) electrons. The molecule has 0 aliphatic heterocycles. The van der Waals surface area contributed by atoms with E-state index in [0.29, 0.717) is 12.8 Å². The van der Waals surface area contributed by atoms with Gasteiger partial charge in [0.2, 0.25) is 0 Å². The molecule has 0 N–H and O–H groups in total. The number of hydrogen-bond acceptors (Lipinski definition) is 0. The summed E-state index contributed by atoms with van der Waals surface area (Å²) in [7, 11) is 1.91. The van der Waals surface area contributed by atoms with Crippen LogP contribution in [0.15, 0.2) is 0 Å². The highest BCUT2D eigenvalue weighted by Crippen LogP contribution is 2.43. The van der Waals surface area contributed by atoms with Crippen molar-refractivity contribution in [1.29, 1.82) is 0 Å². The molecule has 0 aromatic carbocycles. The summed E-state index contributed by atoms with van der Waals surface area (Å²) in [5.41, 5.74) is 0. The molecule has 70 valence electrons. The normalized spacial score (nSPS) is 38.2. The van der Waals surface area contributed by atoms with Gasteiger partial charge in [-0.25, -0.2) is 0 Å². The Morgan fingerprint density at radius 2 is 1.75 bits per heavy atom. The summed E-state index contributed by atoms with van der Waals surface area (Å²) in [5, 5.41) is 0. The molecule has 3 atom stereocenters. The monoisotopic (exact) mass is 178 g/mol. The van der Waals surface area contributed by atoms with Gasteiger partial charge in [0.25, 0.3) is 0 Å². The van der Waals surface area contributed by atoms with Crippen molar-refractivity contribution < 1.29 is 13.2 Å². The highest BCUT2D eigenvalue weighted by Gasteiger charge is 2.42. The summed E-state index contributed by atoms with van der Waals surface area (Å²) in [6, 6.07) is 0. The van der Waals surface area contributed by atoms with Gasteiger partial charge in [0.05, 0.1) is 5.92 Å². The predicted octanol–water partition coefficient (Wildman–Crippen LogP) is 2.41. The molecule has 1 aliphatic rings. The molecule has 4 heteroatoms. The molecule has 0 bridgehead atoms. The Bertz CT molecular complexity index is 145. The zero-order valence-electron chi connectivity index (χ0n) is 7.49. The highest BCUT2D eigenvalue weighted by atomic mass is 19.4.